The molecular weight excluding hydrogens is 472 g/mol. The molecule has 0 aliphatic heterocycles. The van der Waals surface area contributed by atoms with E-state index in [0.717, 1.165) is 4.47 Å². The van der Waals surface area contributed by atoms with E-state index in [-0.39, 0.29) is 5.69 Å². The molecule has 0 bridgehead atoms. The Balaban J connectivity index is 2.46. The quantitative estimate of drug-likeness (QED) is 0.430. The zero-order chi connectivity index (χ0) is 15.6. The fraction of sp³-hybridized carbons (Fsp3) is 0. The minimum absolute atomic E-state index is 0.0718. The SMILES string of the molecule is N#Cc1cc(Br)ccc1Oc1c(Br)cc([N+](=O)[O-])cc1Br. The Morgan fingerprint density at radius 2 is 1.76 bits per heavy atom. The van der Waals surface area contributed by atoms with Crippen LogP contribution in [0.1, 0.15) is 5.56 Å². The van der Waals surface area contributed by atoms with E-state index < -0.39 is 4.92 Å². The Bertz CT molecular complexity index is 749. The van der Waals surface area contributed by atoms with E-state index in [1.54, 1.807) is 18.2 Å². The first-order valence-electron chi connectivity index (χ1n) is 5.43. The highest BCUT2D eigenvalue weighted by atomic mass is 79.9. The second-order valence-corrected chi connectivity index (χ2v) is 6.47. The Hall–Kier alpha value is -1.43. The van der Waals surface area contributed by atoms with Crippen molar-refractivity contribution in [3.63, 3.8) is 0 Å². The summed E-state index contributed by atoms with van der Waals surface area (Å²) in [5.74, 6) is 0.718. The van der Waals surface area contributed by atoms with E-state index in [0.29, 0.717) is 26.0 Å². The lowest BCUT2D eigenvalue weighted by Crippen LogP contribution is -1.93. The molecule has 0 aromatic heterocycles. The van der Waals surface area contributed by atoms with Gasteiger partial charge >= 0.3 is 0 Å². The van der Waals surface area contributed by atoms with Gasteiger partial charge in [0, 0.05) is 16.6 Å². The van der Waals surface area contributed by atoms with E-state index in [1.807, 2.05) is 6.07 Å². The lowest BCUT2D eigenvalue weighted by molar-refractivity contribution is -0.385. The maximum atomic E-state index is 10.8. The smallest absolute Gasteiger partial charge is 0.271 e. The van der Waals surface area contributed by atoms with Crippen molar-refractivity contribution >= 4 is 53.5 Å². The fourth-order valence-electron chi connectivity index (χ4n) is 1.54. The Morgan fingerprint density at radius 1 is 1.14 bits per heavy atom. The van der Waals surface area contributed by atoms with Gasteiger partial charge in [-0.05, 0) is 50.1 Å². The van der Waals surface area contributed by atoms with Gasteiger partial charge in [0.05, 0.1) is 19.4 Å². The largest absolute Gasteiger partial charge is 0.454 e. The van der Waals surface area contributed by atoms with Gasteiger partial charge in [-0.3, -0.25) is 10.1 Å². The van der Waals surface area contributed by atoms with Gasteiger partial charge in [-0.1, -0.05) is 15.9 Å². The third kappa shape index (κ3) is 3.61. The summed E-state index contributed by atoms with van der Waals surface area (Å²) in [6.45, 7) is 0. The number of non-ortho nitro benzene ring substituents is 1. The van der Waals surface area contributed by atoms with Crippen LogP contribution in [0.2, 0.25) is 0 Å². The zero-order valence-electron chi connectivity index (χ0n) is 10.1. The van der Waals surface area contributed by atoms with Crippen molar-refractivity contribution in [2.24, 2.45) is 0 Å². The van der Waals surface area contributed by atoms with Gasteiger partial charge in [0.1, 0.15) is 11.8 Å². The van der Waals surface area contributed by atoms with Crippen LogP contribution in [-0.4, -0.2) is 4.92 Å². The van der Waals surface area contributed by atoms with Gasteiger partial charge in [0.25, 0.3) is 5.69 Å². The van der Waals surface area contributed by atoms with E-state index in [4.69, 9.17) is 10.00 Å². The van der Waals surface area contributed by atoms with Crippen molar-refractivity contribution in [3.8, 4) is 17.6 Å². The van der Waals surface area contributed by atoms with E-state index in [1.165, 1.54) is 12.1 Å². The van der Waals surface area contributed by atoms with Crippen molar-refractivity contribution in [2.45, 2.75) is 0 Å². The van der Waals surface area contributed by atoms with Crippen molar-refractivity contribution in [2.75, 3.05) is 0 Å². The van der Waals surface area contributed by atoms with Crippen LogP contribution >= 0.6 is 47.8 Å². The Labute approximate surface area is 145 Å². The van der Waals surface area contributed by atoms with E-state index in [2.05, 4.69) is 47.8 Å². The standard InChI is InChI=1S/C13H5Br3N2O3/c14-8-1-2-12(7(3-8)6-17)21-13-10(15)4-9(18(19)20)5-11(13)16/h1-5H. The molecule has 0 amide bonds. The van der Waals surface area contributed by atoms with Gasteiger partial charge in [-0.25, -0.2) is 0 Å². The van der Waals surface area contributed by atoms with Gasteiger partial charge in [0.2, 0.25) is 0 Å². The lowest BCUT2D eigenvalue weighted by Gasteiger charge is -2.11. The molecule has 8 heteroatoms. The average Bonchev–Trinajstić information content (AvgIpc) is 2.43. The van der Waals surface area contributed by atoms with E-state index in [9.17, 15) is 10.1 Å². The summed E-state index contributed by atoms with van der Waals surface area (Å²) >= 11 is 9.74. The first kappa shape index (κ1) is 15.9. The predicted molar refractivity (Wildman–Crippen MR) is 87.4 cm³/mol. The molecule has 0 saturated heterocycles. The van der Waals surface area contributed by atoms with Crippen LogP contribution in [-0.2, 0) is 0 Å². The van der Waals surface area contributed by atoms with Crippen molar-refractivity contribution in [3.05, 3.63) is 59.4 Å². The number of hydrogen-bond donors (Lipinski definition) is 0. The number of nitro benzene ring substituents is 1. The first-order chi connectivity index (χ1) is 9.92. The summed E-state index contributed by atoms with van der Waals surface area (Å²) in [5.41, 5.74) is 0.277. The summed E-state index contributed by atoms with van der Waals surface area (Å²) in [6, 6.07) is 9.72. The molecule has 2 aromatic carbocycles. The minimum Gasteiger partial charge on any atom is -0.454 e. The Kier molecular flexibility index (Phi) is 4.98. The molecule has 0 unspecified atom stereocenters. The summed E-state index contributed by atoms with van der Waals surface area (Å²) in [4.78, 5) is 10.3. The molecule has 2 aromatic rings. The van der Waals surface area contributed by atoms with E-state index >= 15 is 0 Å². The molecule has 0 heterocycles. The molecule has 0 spiro atoms. The topological polar surface area (TPSA) is 76.2 Å². The van der Waals surface area contributed by atoms with Crippen LogP contribution in [0.5, 0.6) is 11.5 Å². The molecule has 0 aliphatic carbocycles. The molecule has 5 nitrogen and oxygen atoms in total. The maximum Gasteiger partial charge on any atom is 0.271 e. The highest BCUT2D eigenvalue weighted by Crippen LogP contribution is 2.40. The van der Waals surface area contributed by atoms with Crippen LogP contribution in [0.25, 0.3) is 0 Å². The van der Waals surface area contributed by atoms with Crippen molar-refractivity contribution in [1.29, 1.82) is 5.26 Å². The number of ether oxygens (including phenoxy) is 1. The second-order valence-electron chi connectivity index (χ2n) is 3.85. The van der Waals surface area contributed by atoms with Gasteiger partial charge < -0.3 is 4.74 Å². The molecule has 21 heavy (non-hydrogen) atoms. The third-order valence-corrected chi connectivity index (χ3v) is 4.14. The number of nitro groups is 1. The number of halogens is 3. The molecule has 0 atom stereocenters. The molecule has 0 radical (unpaired) electrons. The lowest BCUT2D eigenvalue weighted by atomic mass is 10.2. The van der Waals surface area contributed by atoms with Crippen LogP contribution in [0, 0.1) is 21.4 Å². The van der Waals surface area contributed by atoms with Crippen LogP contribution in [0.4, 0.5) is 5.69 Å². The average molecular weight is 477 g/mol. The molecular formula is C13H5Br3N2O3. The number of rotatable bonds is 3. The van der Waals surface area contributed by atoms with Crippen molar-refractivity contribution in [1.82, 2.24) is 0 Å². The first-order valence-corrected chi connectivity index (χ1v) is 7.81. The molecule has 2 rings (SSSR count). The van der Waals surface area contributed by atoms with Crippen LogP contribution in [0.3, 0.4) is 0 Å². The number of nitriles is 1. The molecule has 0 aliphatic rings. The highest BCUT2D eigenvalue weighted by Gasteiger charge is 2.17. The van der Waals surface area contributed by atoms with Gasteiger partial charge in [-0.2, -0.15) is 5.26 Å². The minimum atomic E-state index is -0.500. The van der Waals surface area contributed by atoms with Crippen molar-refractivity contribution < 1.29 is 9.66 Å². The monoisotopic (exact) mass is 474 g/mol. The molecule has 106 valence electrons. The van der Waals surface area contributed by atoms with Crippen LogP contribution in [0.15, 0.2) is 43.7 Å². The summed E-state index contributed by atoms with van der Waals surface area (Å²) in [7, 11) is 0. The summed E-state index contributed by atoms with van der Waals surface area (Å²) in [5, 5.41) is 19.9. The Morgan fingerprint density at radius 3 is 2.29 bits per heavy atom. The summed E-state index contributed by atoms with van der Waals surface area (Å²) < 4.78 is 7.27. The second kappa shape index (κ2) is 6.56. The van der Waals surface area contributed by atoms with Gasteiger partial charge in [-0.15, -0.1) is 0 Å². The molecule has 0 N–H and O–H groups in total. The zero-order valence-corrected chi connectivity index (χ0v) is 14.9. The maximum absolute atomic E-state index is 10.8. The number of hydrogen-bond acceptors (Lipinski definition) is 4. The molecule has 0 fully saturated rings. The number of benzene rings is 2. The van der Waals surface area contributed by atoms with Crippen LogP contribution < -0.4 is 4.74 Å². The predicted octanol–water partition coefficient (Wildman–Crippen LogP) is 5.55. The summed E-state index contributed by atoms with van der Waals surface area (Å²) in [6.07, 6.45) is 0. The molecule has 0 saturated carbocycles. The normalized spacial score (nSPS) is 10.0. The number of nitrogens with zero attached hydrogens (tertiary/aromatic N) is 2. The third-order valence-electron chi connectivity index (χ3n) is 2.47. The fourth-order valence-corrected chi connectivity index (χ4v) is 3.22. The highest BCUT2D eigenvalue weighted by molar-refractivity contribution is 9.11. The van der Waals surface area contributed by atoms with Gasteiger partial charge in [0.15, 0.2) is 5.75 Å².